The van der Waals surface area contributed by atoms with E-state index in [1.165, 1.54) is 38.9 Å². The molecule has 0 unspecified atom stereocenters. The van der Waals surface area contributed by atoms with E-state index in [4.69, 9.17) is 14.5 Å². The molecule has 0 spiro atoms. The van der Waals surface area contributed by atoms with Crippen molar-refractivity contribution in [1.82, 2.24) is 10.2 Å². The van der Waals surface area contributed by atoms with Crippen LogP contribution in [-0.4, -0.2) is 57.3 Å². The molecule has 0 amide bonds. The molecule has 27 heavy (non-hydrogen) atoms. The minimum atomic E-state index is 0.602. The highest BCUT2D eigenvalue weighted by molar-refractivity contribution is 5.93. The average molecular weight is 377 g/mol. The van der Waals surface area contributed by atoms with Crippen LogP contribution in [0.5, 0.6) is 11.5 Å². The Labute approximate surface area is 164 Å². The minimum absolute atomic E-state index is 0.602. The molecular formula is C21H36N4O2. The summed E-state index contributed by atoms with van der Waals surface area (Å²) in [5, 5.41) is 6.73. The zero-order valence-electron chi connectivity index (χ0n) is 17.4. The lowest BCUT2D eigenvalue weighted by Crippen LogP contribution is -2.36. The summed E-state index contributed by atoms with van der Waals surface area (Å²) in [4.78, 5) is 7.39. The summed E-state index contributed by atoms with van der Waals surface area (Å²) in [6, 6.07) is 5.86. The van der Waals surface area contributed by atoms with Crippen LogP contribution in [0.3, 0.4) is 0 Å². The predicted octanol–water partition coefficient (Wildman–Crippen LogP) is 3.59. The van der Waals surface area contributed by atoms with Gasteiger partial charge in [-0.25, -0.2) is 0 Å². The zero-order chi connectivity index (χ0) is 19.5. The number of ether oxygens (including phenoxy) is 2. The van der Waals surface area contributed by atoms with E-state index in [-0.39, 0.29) is 0 Å². The third-order valence-electron chi connectivity index (χ3n) is 4.83. The van der Waals surface area contributed by atoms with Crippen molar-refractivity contribution in [2.75, 3.05) is 51.8 Å². The highest BCUT2D eigenvalue weighted by atomic mass is 16.5. The average Bonchev–Trinajstić information content (AvgIpc) is 2.68. The van der Waals surface area contributed by atoms with Gasteiger partial charge in [-0.3, -0.25) is 4.99 Å². The quantitative estimate of drug-likeness (QED) is 0.509. The monoisotopic (exact) mass is 376 g/mol. The number of piperidine rings is 1. The number of nitrogens with one attached hydrogen (secondary N) is 2. The fourth-order valence-corrected chi connectivity index (χ4v) is 3.40. The highest BCUT2D eigenvalue weighted by Gasteiger charge is 2.18. The second-order valence-corrected chi connectivity index (χ2v) is 6.93. The SMILES string of the molecule is CCCN1CCC(CN=C(NCC)Nc2ccc(OC)c(OCC)c2)CC1. The molecule has 0 aromatic heterocycles. The molecular weight excluding hydrogens is 340 g/mol. The molecule has 1 aromatic rings. The second-order valence-electron chi connectivity index (χ2n) is 6.93. The maximum atomic E-state index is 5.67. The largest absolute Gasteiger partial charge is 0.493 e. The number of guanidine groups is 1. The van der Waals surface area contributed by atoms with Crippen molar-refractivity contribution in [3.63, 3.8) is 0 Å². The normalized spacial score (nSPS) is 16.2. The van der Waals surface area contributed by atoms with Crippen molar-refractivity contribution in [3.05, 3.63) is 18.2 Å². The van der Waals surface area contributed by atoms with Crippen molar-refractivity contribution in [3.8, 4) is 11.5 Å². The summed E-state index contributed by atoms with van der Waals surface area (Å²) in [7, 11) is 1.66. The van der Waals surface area contributed by atoms with Crippen LogP contribution in [0.2, 0.25) is 0 Å². The molecule has 2 N–H and O–H groups in total. The van der Waals surface area contributed by atoms with Gasteiger partial charge in [-0.15, -0.1) is 0 Å². The molecule has 1 aliphatic rings. The molecule has 1 aliphatic heterocycles. The summed E-state index contributed by atoms with van der Waals surface area (Å²) in [6.07, 6.45) is 3.71. The third-order valence-corrected chi connectivity index (χ3v) is 4.83. The summed E-state index contributed by atoms with van der Waals surface area (Å²) >= 11 is 0. The van der Waals surface area contributed by atoms with Crippen molar-refractivity contribution < 1.29 is 9.47 Å². The lowest BCUT2D eigenvalue weighted by molar-refractivity contribution is 0.188. The Morgan fingerprint density at radius 2 is 1.96 bits per heavy atom. The van der Waals surface area contributed by atoms with E-state index in [2.05, 4.69) is 29.4 Å². The lowest BCUT2D eigenvalue weighted by Gasteiger charge is -2.31. The van der Waals surface area contributed by atoms with Crippen LogP contribution in [0.4, 0.5) is 5.69 Å². The van der Waals surface area contributed by atoms with Crippen LogP contribution in [0.1, 0.15) is 40.0 Å². The van der Waals surface area contributed by atoms with Gasteiger partial charge in [-0.2, -0.15) is 0 Å². The van der Waals surface area contributed by atoms with Crippen LogP contribution < -0.4 is 20.1 Å². The number of anilines is 1. The molecule has 152 valence electrons. The number of nitrogens with zero attached hydrogens (tertiary/aromatic N) is 2. The molecule has 1 fully saturated rings. The first-order chi connectivity index (χ1) is 13.2. The number of likely N-dealkylation sites (tertiary alicyclic amines) is 1. The van der Waals surface area contributed by atoms with Crippen LogP contribution in [0, 0.1) is 5.92 Å². The molecule has 1 heterocycles. The first-order valence-electron chi connectivity index (χ1n) is 10.3. The Morgan fingerprint density at radius 1 is 1.19 bits per heavy atom. The van der Waals surface area contributed by atoms with Gasteiger partial charge in [0.2, 0.25) is 0 Å². The van der Waals surface area contributed by atoms with Crippen LogP contribution in [-0.2, 0) is 0 Å². The van der Waals surface area contributed by atoms with Gasteiger partial charge in [0.15, 0.2) is 17.5 Å². The Morgan fingerprint density at radius 3 is 2.59 bits per heavy atom. The lowest BCUT2D eigenvalue weighted by atomic mass is 9.97. The van der Waals surface area contributed by atoms with Crippen LogP contribution in [0.25, 0.3) is 0 Å². The first-order valence-corrected chi connectivity index (χ1v) is 10.3. The smallest absolute Gasteiger partial charge is 0.195 e. The van der Waals surface area contributed by atoms with Crippen LogP contribution >= 0.6 is 0 Å². The molecule has 6 heteroatoms. The van der Waals surface area contributed by atoms with E-state index in [9.17, 15) is 0 Å². The molecule has 6 nitrogen and oxygen atoms in total. The molecule has 0 aliphatic carbocycles. The van der Waals surface area contributed by atoms with Crippen molar-refractivity contribution in [2.45, 2.75) is 40.0 Å². The molecule has 0 saturated carbocycles. The Balaban J connectivity index is 1.96. The molecule has 2 rings (SSSR count). The summed E-state index contributed by atoms with van der Waals surface area (Å²) < 4.78 is 11.0. The van der Waals surface area contributed by atoms with Gasteiger partial charge >= 0.3 is 0 Å². The number of hydrogen-bond donors (Lipinski definition) is 2. The molecule has 1 aromatic carbocycles. The molecule has 0 bridgehead atoms. The number of hydrogen-bond acceptors (Lipinski definition) is 4. The number of rotatable bonds is 9. The fraction of sp³-hybridized carbons (Fsp3) is 0.667. The summed E-state index contributed by atoms with van der Waals surface area (Å²) in [5.74, 6) is 2.97. The van der Waals surface area contributed by atoms with Crippen molar-refractivity contribution >= 4 is 11.6 Å². The van der Waals surface area contributed by atoms with Gasteiger partial charge in [0.25, 0.3) is 0 Å². The molecule has 1 saturated heterocycles. The van der Waals surface area contributed by atoms with Gasteiger partial charge < -0.3 is 25.0 Å². The van der Waals surface area contributed by atoms with E-state index >= 15 is 0 Å². The summed E-state index contributed by atoms with van der Waals surface area (Å²) in [6.45, 7) is 12.2. The van der Waals surface area contributed by atoms with Gasteiger partial charge in [0.1, 0.15) is 0 Å². The Kier molecular flexibility index (Phi) is 9.25. The Bertz CT molecular complexity index is 584. The Hall–Kier alpha value is -1.95. The van der Waals surface area contributed by atoms with Crippen molar-refractivity contribution in [1.29, 1.82) is 0 Å². The number of aliphatic imine (C=N–C) groups is 1. The number of benzene rings is 1. The topological polar surface area (TPSA) is 58.1 Å². The van der Waals surface area contributed by atoms with E-state index < -0.39 is 0 Å². The zero-order valence-corrected chi connectivity index (χ0v) is 17.4. The molecule has 0 atom stereocenters. The minimum Gasteiger partial charge on any atom is -0.493 e. The number of methoxy groups -OCH3 is 1. The molecule has 0 radical (unpaired) electrons. The maximum absolute atomic E-state index is 5.67. The second kappa shape index (κ2) is 11.7. The van der Waals surface area contributed by atoms with Crippen molar-refractivity contribution in [2.24, 2.45) is 10.9 Å². The van der Waals surface area contributed by atoms with Gasteiger partial charge in [0, 0.05) is 24.8 Å². The van der Waals surface area contributed by atoms with Gasteiger partial charge in [0.05, 0.1) is 13.7 Å². The third kappa shape index (κ3) is 6.94. The van der Waals surface area contributed by atoms with E-state index in [0.717, 1.165) is 36.2 Å². The van der Waals surface area contributed by atoms with Gasteiger partial charge in [-0.05, 0) is 70.8 Å². The predicted molar refractivity (Wildman–Crippen MR) is 113 cm³/mol. The van der Waals surface area contributed by atoms with E-state index in [0.29, 0.717) is 12.5 Å². The van der Waals surface area contributed by atoms with E-state index in [1.54, 1.807) is 7.11 Å². The van der Waals surface area contributed by atoms with Gasteiger partial charge in [-0.1, -0.05) is 6.92 Å². The summed E-state index contributed by atoms with van der Waals surface area (Å²) in [5.41, 5.74) is 0.941. The fourth-order valence-electron chi connectivity index (χ4n) is 3.40. The van der Waals surface area contributed by atoms with E-state index in [1.807, 2.05) is 25.1 Å². The maximum Gasteiger partial charge on any atom is 0.195 e. The van der Waals surface area contributed by atoms with Crippen LogP contribution in [0.15, 0.2) is 23.2 Å². The first kappa shape index (κ1) is 21.4. The highest BCUT2D eigenvalue weighted by Crippen LogP contribution is 2.30. The standard InChI is InChI=1S/C21H36N4O2/c1-5-12-25-13-10-17(11-14-25)16-23-21(22-6-2)24-18-8-9-19(26-4)20(15-18)27-7-3/h8-9,15,17H,5-7,10-14,16H2,1-4H3,(H2,22,23,24).